The summed E-state index contributed by atoms with van der Waals surface area (Å²) in [6, 6.07) is 9.99. The molecule has 2 N–H and O–H groups in total. The number of ether oxygens (including phenoxy) is 3. The Balaban J connectivity index is 1.16. The lowest BCUT2D eigenvalue weighted by molar-refractivity contribution is -0.137. The number of halogens is 3. The summed E-state index contributed by atoms with van der Waals surface area (Å²) in [6.07, 6.45) is 3.14. The summed E-state index contributed by atoms with van der Waals surface area (Å²) in [5, 5.41) is 7.84. The van der Waals surface area contributed by atoms with Gasteiger partial charge < -0.3 is 24.8 Å². The summed E-state index contributed by atoms with van der Waals surface area (Å²) in [5.41, 5.74) is -0.629. The standard InChI is InChI=1S/C26H27Cl3N2O5/c1-15-12-25(31-24(33)22-13-35-21-10-16(27)2-5-20(21)36-22)6-8-26(15,9-7-25)30-23(32)14-34-17-3-4-18(28)19(29)11-17/h2-5,10-11,15,22H,6-9,12-14H2,1H3,(H,30,32)(H,31,33)/t15-,22+,25?,26?/m0/s1. The Bertz CT molecular complexity index is 1180. The third kappa shape index (κ3) is 5.06. The highest BCUT2D eigenvalue weighted by Gasteiger charge is 2.54. The molecule has 2 amide bonds. The molecule has 4 aliphatic rings. The molecule has 0 aromatic heterocycles. The molecule has 10 heteroatoms. The second-order valence-corrected chi connectivity index (χ2v) is 11.2. The Hall–Kier alpha value is -2.35. The van der Waals surface area contributed by atoms with E-state index in [4.69, 9.17) is 49.0 Å². The number of carbonyl (C=O) groups excluding carboxylic acids is 2. The van der Waals surface area contributed by atoms with Gasteiger partial charge in [0, 0.05) is 28.2 Å². The molecule has 2 bridgehead atoms. The summed E-state index contributed by atoms with van der Waals surface area (Å²) < 4.78 is 17.2. The molecule has 3 saturated carbocycles. The van der Waals surface area contributed by atoms with Gasteiger partial charge in [0.1, 0.15) is 12.4 Å². The summed E-state index contributed by atoms with van der Waals surface area (Å²) in [6.45, 7) is 2.14. The van der Waals surface area contributed by atoms with Crippen molar-refractivity contribution in [3.05, 3.63) is 51.5 Å². The third-order valence-electron chi connectivity index (χ3n) is 7.63. The molecule has 3 aliphatic carbocycles. The van der Waals surface area contributed by atoms with E-state index in [0.29, 0.717) is 32.3 Å². The van der Waals surface area contributed by atoms with Gasteiger partial charge in [-0.3, -0.25) is 9.59 Å². The van der Waals surface area contributed by atoms with Crippen molar-refractivity contribution in [3.63, 3.8) is 0 Å². The lowest BCUT2D eigenvalue weighted by atomic mass is 9.56. The van der Waals surface area contributed by atoms with Crippen LogP contribution in [0.25, 0.3) is 0 Å². The fourth-order valence-electron chi connectivity index (χ4n) is 5.62. The molecule has 0 saturated heterocycles. The first-order valence-electron chi connectivity index (χ1n) is 12.0. The molecule has 2 aromatic carbocycles. The van der Waals surface area contributed by atoms with Gasteiger partial charge in [-0.2, -0.15) is 0 Å². The van der Waals surface area contributed by atoms with Crippen LogP contribution >= 0.6 is 34.8 Å². The van der Waals surface area contributed by atoms with Crippen molar-refractivity contribution in [3.8, 4) is 17.2 Å². The minimum Gasteiger partial charge on any atom is -0.485 e. The van der Waals surface area contributed by atoms with Gasteiger partial charge in [0.05, 0.1) is 10.0 Å². The molecular weight excluding hydrogens is 527 g/mol. The molecule has 0 spiro atoms. The van der Waals surface area contributed by atoms with E-state index in [1.807, 2.05) is 0 Å². The van der Waals surface area contributed by atoms with Gasteiger partial charge in [-0.15, -0.1) is 0 Å². The Kier molecular flexibility index (Phi) is 6.92. The van der Waals surface area contributed by atoms with Crippen LogP contribution in [0.1, 0.15) is 39.0 Å². The number of carbonyl (C=O) groups is 2. The van der Waals surface area contributed by atoms with Crippen LogP contribution < -0.4 is 24.8 Å². The average Bonchev–Trinajstić information content (AvgIpc) is 2.85. The van der Waals surface area contributed by atoms with Gasteiger partial charge in [-0.1, -0.05) is 41.7 Å². The zero-order chi connectivity index (χ0) is 25.5. The zero-order valence-corrected chi connectivity index (χ0v) is 22.0. The van der Waals surface area contributed by atoms with E-state index < -0.39 is 6.10 Å². The first kappa shape index (κ1) is 25.3. The number of hydrogen-bond acceptors (Lipinski definition) is 5. The van der Waals surface area contributed by atoms with E-state index in [-0.39, 0.29) is 42.0 Å². The molecule has 192 valence electrons. The Morgan fingerprint density at radius 1 is 1.00 bits per heavy atom. The molecule has 2 aromatic rings. The summed E-state index contributed by atoms with van der Waals surface area (Å²) in [5.74, 6) is 1.35. The number of nitrogens with one attached hydrogen (secondary N) is 2. The van der Waals surface area contributed by atoms with Crippen LogP contribution in [0.4, 0.5) is 0 Å². The summed E-state index contributed by atoms with van der Waals surface area (Å²) >= 11 is 18.0. The molecule has 6 rings (SSSR count). The maximum absolute atomic E-state index is 13.1. The van der Waals surface area contributed by atoms with Crippen molar-refractivity contribution in [2.45, 2.75) is 56.2 Å². The van der Waals surface area contributed by atoms with Gasteiger partial charge in [-0.05, 0) is 62.3 Å². The van der Waals surface area contributed by atoms with E-state index in [0.717, 1.165) is 32.1 Å². The fraction of sp³-hybridized carbons (Fsp3) is 0.462. The van der Waals surface area contributed by atoms with Crippen LogP contribution in [0.2, 0.25) is 15.1 Å². The first-order valence-corrected chi connectivity index (χ1v) is 13.1. The second-order valence-electron chi connectivity index (χ2n) is 9.95. The number of amides is 2. The number of rotatable bonds is 6. The maximum Gasteiger partial charge on any atom is 0.265 e. The molecular formula is C26H27Cl3N2O5. The van der Waals surface area contributed by atoms with Crippen molar-refractivity contribution >= 4 is 46.6 Å². The van der Waals surface area contributed by atoms with Crippen molar-refractivity contribution < 1.29 is 23.8 Å². The van der Waals surface area contributed by atoms with Crippen LogP contribution in [0.3, 0.4) is 0 Å². The van der Waals surface area contributed by atoms with Crippen LogP contribution in [0, 0.1) is 5.92 Å². The van der Waals surface area contributed by atoms with Crippen LogP contribution in [0.15, 0.2) is 36.4 Å². The maximum atomic E-state index is 13.1. The smallest absolute Gasteiger partial charge is 0.265 e. The van der Waals surface area contributed by atoms with Crippen molar-refractivity contribution in [2.24, 2.45) is 5.92 Å². The Labute approximate surface area is 224 Å². The van der Waals surface area contributed by atoms with Crippen LogP contribution in [-0.4, -0.2) is 42.2 Å². The quantitative estimate of drug-likeness (QED) is 0.514. The highest BCUT2D eigenvalue weighted by atomic mass is 35.5. The van der Waals surface area contributed by atoms with E-state index >= 15 is 0 Å². The van der Waals surface area contributed by atoms with Gasteiger partial charge in [0.2, 0.25) is 6.10 Å². The third-order valence-corrected chi connectivity index (χ3v) is 8.61. The zero-order valence-electron chi connectivity index (χ0n) is 19.7. The molecule has 36 heavy (non-hydrogen) atoms. The molecule has 0 radical (unpaired) electrons. The van der Waals surface area contributed by atoms with E-state index in [2.05, 4.69) is 17.6 Å². The SMILES string of the molecule is C[C@H]1CC2(NC(=O)[C@H]3COc4cc(Cl)ccc4O3)CCC1(NC(=O)COc1ccc(Cl)c(Cl)c1)CC2. The van der Waals surface area contributed by atoms with E-state index in [9.17, 15) is 9.59 Å². The molecule has 3 fully saturated rings. The second kappa shape index (κ2) is 9.84. The normalized spacial score (nSPS) is 28.3. The lowest BCUT2D eigenvalue weighted by Gasteiger charge is -2.57. The van der Waals surface area contributed by atoms with Gasteiger partial charge in [0.25, 0.3) is 11.8 Å². The van der Waals surface area contributed by atoms with Gasteiger partial charge >= 0.3 is 0 Å². The topological polar surface area (TPSA) is 85.9 Å². The highest BCUT2D eigenvalue weighted by Crippen LogP contribution is 2.50. The summed E-state index contributed by atoms with van der Waals surface area (Å²) in [4.78, 5) is 25.9. The highest BCUT2D eigenvalue weighted by molar-refractivity contribution is 6.42. The Morgan fingerprint density at radius 3 is 2.50 bits per heavy atom. The largest absolute Gasteiger partial charge is 0.485 e. The lowest BCUT2D eigenvalue weighted by Crippen LogP contribution is -2.68. The molecule has 1 aliphatic heterocycles. The Morgan fingerprint density at radius 2 is 1.78 bits per heavy atom. The van der Waals surface area contributed by atoms with Crippen molar-refractivity contribution in [2.75, 3.05) is 13.2 Å². The molecule has 7 nitrogen and oxygen atoms in total. The number of benzene rings is 2. The minimum absolute atomic E-state index is 0.111. The van der Waals surface area contributed by atoms with Gasteiger partial charge in [-0.25, -0.2) is 0 Å². The predicted octanol–water partition coefficient (Wildman–Crippen LogP) is 5.19. The monoisotopic (exact) mass is 552 g/mol. The first-order chi connectivity index (χ1) is 17.2. The van der Waals surface area contributed by atoms with Crippen molar-refractivity contribution in [1.29, 1.82) is 0 Å². The predicted molar refractivity (Wildman–Crippen MR) is 137 cm³/mol. The van der Waals surface area contributed by atoms with Crippen LogP contribution in [-0.2, 0) is 9.59 Å². The number of hydrogen-bond donors (Lipinski definition) is 2. The minimum atomic E-state index is -0.727. The summed E-state index contributed by atoms with van der Waals surface area (Å²) in [7, 11) is 0. The average molecular weight is 554 g/mol. The van der Waals surface area contributed by atoms with Crippen LogP contribution in [0.5, 0.6) is 17.2 Å². The molecule has 1 heterocycles. The van der Waals surface area contributed by atoms with Crippen molar-refractivity contribution in [1.82, 2.24) is 10.6 Å². The molecule has 0 unspecified atom stereocenters. The number of fused-ring (bicyclic) bond motifs is 4. The van der Waals surface area contributed by atoms with Gasteiger partial charge in [0.15, 0.2) is 18.1 Å². The fourth-order valence-corrected chi connectivity index (χ4v) is 6.07. The molecule has 2 atom stereocenters. The van der Waals surface area contributed by atoms with E-state index in [1.54, 1.807) is 36.4 Å². The van der Waals surface area contributed by atoms with E-state index in [1.165, 1.54) is 0 Å².